The second-order valence-electron chi connectivity index (χ2n) is 14.2. The van der Waals surface area contributed by atoms with Gasteiger partial charge in [-0.1, -0.05) is 42.8 Å². The van der Waals surface area contributed by atoms with E-state index >= 15 is 0 Å². The molecule has 16 nitrogen and oxygen atoms in total. The first-order valence-corrected chi connectivity index (χ1v) is 19.5. The Hall–Kier alpha value is -5.29. The Labute approximate surface area is 326 Å². The lowest BCUT2D eigenvalue weighted by Crippen LogP contribution is -2.59. The minimum absolute atomic E-state index is 0.0297. The van der Waals surface area contributed by atoms with Crippen molar-refractivity contribution >= 4 is 51.4 Å². The summed E-state index contributed by atoms with van der Waals surface area (Å²) < 4.78 is 0. The van der Waals surface area contributed by atoms with Crippen molar-refractivity contribution < 1.29 is 29.1 Å². The molecule has 2 aromatic heterocycles. The van der Waals surface area contributed by atoms with E-state index in [1.54, 1.807) is 12.4 Å². The van der Waals surface area contributed by atoms with Gasteiger partial charge in [-0.25, -0.2) is 4.79 Å². The molecule has 0 fully saturated rings. The summed E-state index contributed by atoms with van der Waals surface area (Å²) in [5.74, 6) is -3.68. The third-order valence-electron chi connectivity index (χ3n) is 9.91. The number of carbonyl (C=O) groups is 5. The summed E-state index contributed by atoms with van der Waals surface area (Å²) in [4.78, 5) is 74.1. The van der Waals surface area contributed by atoms with Crippen molar-refractivity contribution in [3.05, 3.63) is 72.1 Å². The first-order chi connectivity index (χ1) is 27.1. The Bertz CT molecular complexity index is 1890. The highest BCUT2D eigenvalue weighted by Gasteiger charge is 2.33. The number of benzene rings is 2. The summed E-state index contributed by atoms with van der Waals surface area (Å²) >= 11 is 0. The van der Waals surface area contributed by atoms with Crippen LogP contribution in [0.5, 0.6) is 0 Å². The molecule has 304 valence electrons. The number of hydrogen-bond donors (Lipinski definition) is 11. The van der Waals surface area contributed by atoms with Gasteiger partial charge in [0, 0.05) is 47.0 Å². The van der Waals surface area contributed by atoms with Crippen molar-refractivity contribution in [3.8, 4) is 0 Å². The molecule has 0 spiro atoms. The fraction of sp³-hybridized carbons (Fsp3) is 0.475. The zero-order valence-electron chi connectivity index (χ0n) is 31.9. The lowest BCUT2D eigenvalue weighted by atomic mass is 10.00. The van der Waals surface area contributed by atoms with Gasteiger partial charge >= 0.3 is 5.97 Å². The van der Waals surface area contributed by atoms with Crippen LogP contribution in [-0.4, -0.2) is 94.5 Å². The molecule has 0 radical (unpaired) electrons. The molecule has 2 heterocycles. The van der Waals surface area contributed by atoms with Crippen molar-refractivity contribution in [2.45, 2.75) is 101 Å². The van der Waals surface area contributed by atoms with Crippen molar-refractivity contribution in [1.82, 2.24) is 31.2 Å². The summed E-state index contributed by atoms with van der Waals surface area (Å²) in [5, 5.41) is 22.6. The van der Waals surface area contributed by atoms with Gasteiger partial charge in [0.15, 0.2) is 0 Å². The van der Waals surface area contributed by atoms with E-state index in [0.29, 0.717) is 64.6 Å². The molecule has 56 heavy (non-hydrogen) atoms. The summed E-state index contributed by atoms with van der Waals surface area (Å²) in [6.07, 6.45) is 7.83. The van der Waals surface area contributed by atoms with Gasteiger partial charge in [0.1, 0.15) is 24.2 Å². The van der Waals surface area contributed by atoms with Crippen LogP contribution in [0.1, 0.15) is 68.9 Å². The molecule has 4 rings (SSSR count). The number of aromatic nitrogens is 2. The van der Waals surface area contributed by atoms with Gasteiger partial charge in [0.2, 0.25) is 23.6 Å². The number of carbonyl (C=O) groups excluding carboxylic acids is 4. The largest absolute Gasteiger partial charge is 0.480 e. The molecule has 15 N–H and O–H groups in total. The van der Waals surface area contributed by atoms with Gasteiger partial charge in [-0.05, 0) is 94.3 Å². The fourth-order valence-electron chi connectivity index (χ4n) is 6.71. The maximum atomic E-state index is 14.4. The van der Waals surface area contributed by atoms with Gasteiger partial charge < -0.3 is 59.3 Å². The molecule has 5 atom stereocenters. The van der Waals surface area contributed by atoms with Crippen LogP contribution >= 0.6 is 0 Å². The third-order valence-corrected chi connectivity index (χ3v) is 9.91. The number of fused-ring (bicyclic) bond motifs is 2. The predicted octanol–water partition coefficient (Wildman–Crippen LogP) is 1.17. The normalized spacial score (nSPS) is 14.1. The lowest BCUT2D eigenvalue weighted by molar-refractivity contribution is -0.142. The molecule has 0 aliphatic heterocycles. The molecular formula is C40H58N10O6. The summed E-state index contributed by atoms with van der Waals surface area (Å²) in [7, 11) is 0. The Morgan fingerprint density at radius 3 is 1.41 bits per heavy atom. The highest BCUT2D eigenvalue weighted by atomic mass is 16.4. The third kappa shape index (κ3) is 12.6. The number of nitrogens with two attached hydrogens (primary N) is 4. The van der Waals surface area contributed by atoms with E-state index in [9.17, 15) is 29.1 Å². The van der Waals surface area contributed by atoms with Gasteiger partial charge in [-0.15, -0.1) is 0 Å². The fourth-order valence-corrected chi connectivity index (χ4v) is 6.71. The molecular weight excluding hydrogens is 717 g/mol. The van der Waals surface area contributed by atoms with Crippen LogP contribution in [0.4, 0.5) is 0 Å². The summed E-state index contributed by atoms with van der Waals surface area (Å²) in [6, 6.07) is 9.55. The van der Waals surface area contributed by atoms with E-state index in [1.165, 1.54) is 0 Å². The molecule has 16 heteroatoms. The zero-order chi connectivity index (χ0) is 40.5. The number of carboxylic acids is 1. The number of hydrogen-bond acceptors (Lipinski definition) is 9. The molecule has 4 amide bonds. The smallest absolute Gasteiger partial charge is 0.326 e. The topological polar surface area (TPSA) is 289 Å². The molecule has 0 bridgehead atoms. The average molecular weight is 775 g/mol. The predicted molar refractivity (Wildman–Crippen MR) is 216 cm³/mol. The Balaban J connectivity index is 1.64. The highest BCUT2D eigenvalue weighted by Crippen LogP contribution is 2.21. The number of carboxylic acid groups (broad SMARTS) is 1. The highest BCUT2D eigenvalue weighted by molar-refractivity contribution is 5.96. The van der Waals surface area contributed by atoms with Gasteiger partial charge in [-0.2, -0.15) is 0 Å². The van der Waals surface area contributed by atoms with Gasteiger partial charge in [0.25, 0.3) is 0 Å². The van der Waals surface area contributed by atoms with Crippen molar-refractivity contribution in [2.75, 3.05) is 19.6 Å². The van der Waals surface area contributed by atoms with E-state index in [0.717, 1.165) is 32.9 Å². The van der Waals surface area contributed by atoms with Crippen LogP contribution in [0.15, 0.2) is 60.9 Å². The van der Waals surface area contributed by atoms with Crippen LogP contribution in [0.2, 0.25) is 0 Å². The van der Waals surface area contributed by atoms with E-state index in [2.05, 4.69) is 31.2 Å². The van der Waals surface area contributed by atoms with Crippen LogP contribution in [0.3, 0.4) is 0 Å². The lowest BCUT2D eigenvalue weighted by Gasteiger charge is -2.26. The SMILES string of the molecule is NCCCC[C@H](NC(=O)[C@H](CCCCN)NC(=O)[C@H](Cc1c[nH]c2ccccc12)NC(=O)[C@H](Cc1c[nH]c2ccccc12)NC(=O)[C@@H](N)CCCCN)C(=O)O. The number of unbranched alkanes of at least 4 members (excludes halogenated alkanes) is 3. The number of aromatic amines is 2. The van der Waals surface area contributed by atoms with E-state index in [-0.39, 0.29) is 25.7 Å². The number of H-pyrrole nitrogens is 2. The van der Waals surface area contributed by atoms with Crippen LogP contribution in [-0.2, 0) is 36.8 Å². The van der Waals surface area contributed by atoms with E-state index in [1.807, 2.05) is 48.5 Å². The number of aliphatic carboxylic acids is 1. The Morgan fingerprint density at radius 2 is 0.929 bits per heavy atom. The monoisotopic (exact) mass is 774 g/mol. The maximum absolute atomic E-state index is 14.4. The molecule has 0 aliphatic carbocycles. The van der Waals surface area contributed by atoms with Gasteiger partial charge in [-0.3, -0.25) is 19.2 Å². The van der Waals surface area contributed by atoms with Gasteiger partial charge in [0.05, 0.1) is 6.04 Å². The van der Waals surface area contributed by atoms with Crippen molar-refractivity contribution in [3.63, 3.8) is 0 Å². The minimum Gasteiger partial charge on any atom is -0.480 e. The number of nitrogens with one attached hydrogen (secondary N) is 6. The number of amides is 4. The van der Waals surface area contributed by atoms with Crippen LogP contribution < -0.4 is 44.2 Å². The molecule has 4 aromatic rings. The molecule has 0 aliphatic rings. The summed E-state index contributed by atoms with van der Waals surface area (Å²) in [5.41, 5.74) is 26.4. The molecule has 0 unspecified atom stereocenters. The van der Waals surface area contributed by atoms with Crippen molar-refractivity contribution in [1.29, 1.82) is 0 Å². The second-order valence-corrected chi connectivity index (χ2v) is 14.2. The maximum Gasteiger partial charge on any atom is 0.326 e. The number of rotatable bonds is 25. The standard InChI is InChI=1S/C40H58N10O6/c41-18-8-5-13-29(44)36(51)49-34(21-25-23-45-30-14-3-1-11-27(25)30)39(54)50-35(22-26-24-46-31-15-4-2-12-28(26)31)38(53)47-32(16-6-9-19-42)37(52)48-33(40(55)56)17-7-10-20-43/h1-4,11-12,14-15,23-24,29,32-35,45-46H,5-10,13,16-22,41-44H2,(H,47,53)(H,48,52)(H,49,51)(H,50,54)(H,55,56)/t29-,32-,33-,34-,35-/m0/s1. The van der Waals surface area contributed by atoms with Crippen molar-refractivity contribution in [2.24, 2.45) is 22.9 Å². The van der Waals surface area contributed by atoms with E-state index in [4.69, 9.17) is 22.9 Å². The van der Waals surface area contributed by atoms with Crippen LogP contribution in [0.25, 0.3) is 21.8 Å². The quantitative estimate of drug-likeness (QED) is 0.0428. The first-order valence-electron chi connectivity index (χ1n) is 19.5. The molecule has 0 saturated carbocycles. The number of para-hydroxylation sites is 2. The second kappa shape index (κ2) is 22.3. The Kier molecular flexibility index (Phi) is 17.3. The average Bonchev–Trinajstić information content (AvgIpc) is 3.80. The molecule has 0 saturated heterocycles. The van der Waals surface area contributed by atoms with Crippen LogP contribution in [0, 0.1) is 0 Å². The Morgan fingerprint density at radius 1 is 0.536 bits per heavy atom. The minimum atomic E-state index is -1.22. The zero-order valence-corrected chi connectivity index (χ0v) is 31.9. The molecule has 2 aromatic carbocycles. The first kappa shape index (κ1) is 43.4. The van der Waals surface area contributed by atoms with E-state index < -0.39 is 59.8 Å². The summed E-state index contributed by atoms with van der Waals surface area (Å²) in [6.45, 7) is 1.21.